The average Bonchev–Trinajstić information content (AvgIpc) is 2.81. The van der Waals surface area contributed by atoms with E-state index >= 15 is 0 Å². The van der Waals surface area contributed by atoms with Crippen molar-refractivity contribution < 1.29 is 19.7 Å². The molecule has 20 heavy (non-hydrogen) atoms. The van der Waals surface area contributed by atoms with Crippen molar-refractivity contribution in [2.24, 2.45) is 0 Å². The Morgan fingerprint density at radius 1 is 1.20 bits per heavy atom. The summed E-state index contributed by atoms with van der Waals surface area (Å²) in [6.45, 7) is 2.56. The van der Waals surface area contributed by atoms with E-state index in [-0.39, 0.29) is 6.61 Å². The maximum atomic E-state index is 9.92. The molecule has 1 atom stereocenters. The molecule has 1 unspecified atom stereocenters. The molecule has 1 heterocycles. The lowest BCUT2D eigenvalue weighted by molar-refractivity contribution is 0.200. The number of fused-ring (bicyclic) bond motifs is 1. The molecule has 0 aliphatic rings. The highest BCUT2D eigenvalue weighted by Gasteiger charge is 2.16. The van der Waals surface area contributed by atoms with Crippen LogP contribution in [-0.2, 0) is 6.54 Å². The topological polar surface area (TPSA) is 63.9 Å². The van der Waals surface area contributed by atoms with E-state index in [0.29, 0.717) is 24.5 Å². The molecule has 2 N–H and O–H groups in total. The maximum Gasteiger partial charge on any atom is 0.162 e. The molecular formula is C15H21NO4. The van der Waals surface area contributed by atoms with E-state index in [9.17, 15) is 5.11 Å². The third-order valence-electron chi connectivity index (χ3n) is 3.42. The zero-order valence-corrected chi connectivity index (χ0v) is 12.1. The summed E-state index contributed by atoms with van der Waals surface area (Å²) in [5.74, 6) is 1.29. The Kier molecular flexibility index (Phi) is 4.52. The molecule has 0 fully saturated rings. The smallest absolute Gasteiger partial charge is 0.162 e. The van der Waals surface area contributed by atoms with Gasteiger partial charge in [0.15, 0.2) is 11.5 Å². The van der Waals surface area contributed by atoms with Gasteiger partial charge in [-0.25, -0.2) is 0 Å². The molecule has 0 aliphatic heterocycles. The van der Waals surface area contributed by atoms with Gasteiger partial charge < -0.3 is 24.3 Å². The van der Waals surface area contributed by atoms with Crippen molar-refractivity contribution in [2.75, 3.05) is 20.8 Å². The second-order valence-electron chi connectivity index (χ2n) is 4.76. The van der Waals surface area contributed by atoms with Crippen LogP contribution in [0.2, 0.25) is 0 Å². The van der Waals surface area contributed by atoms with E-state index in [0.717, 1.165) is 16.5 Å². The first-order valence-electron chi connectivity index (χ1n) is 6.66. The summed E-state index contributed by atoms with van der Waals surface area (Å²) in [4.78, 5) is 0. The van der Waals surface area contributed by atoms with E-state index < -0.39 is 6.10 Å². The number of aromatic nitrogens is 1. The maximum absolute atomic E-state index is 9.92. The normalized spacial score (nSPS) is 12.7. The first kappa shape index (κ1) is 14.7. The number of aliphatic hydroxyl groups is 2. The summed E-state index contributed by atoms with van der Waals surface area (Å²) in [5, 5.41) is 19.8. The first-order valence-corrected chi connectivity index (χ1v) is 6.66. The highest BCUT2D eigenvalue weighted by atomic mass is 16.5. The van der Waals surface area contributed by atoms with Crippen LogP contribution in [0.4, 0.5) is 0 Å². The summed E-state index contributed by atoms with van der Waals surface area (Å²) in [6.07, 6.45) is 2.02. The van der Waals surface area contributed by atoms with Crippen LogP contribution in [0.3, 0.4) is 0 Å². The molecule has 110 valence electrons. The summed E-state index contributed by atoms with van der Waals surface area (Å²) >= 11 is 0. The van der Waals surface area contributed by atoms with Gasteiger partial charge in [-0.05, 0) is 19.4 Å². The minimum Gasteiger partial charge on any atom is -0.493 e. The number of rotatable bonds is 6. The van der Waals surface area contributed by atoms with Crippen molar-refractivity contribution in [1.29, 1.82) is 0 Å². The lowest BCUT2D eigenvalue weighted by Crippen LogP contribution is -1.99. The van der Waals surface area contributed by atoms with E-state index in [1.807, 2.05) is 22.9 Å². The summed E-state index contributed by atoms with van der Waals surface area (Å²) in [6, 6.07) is 3.78. The second-order valence-corrected chi connectivity index (χ2v) is 4.76. The van der Waals surface area contributed by atoms with Gasteiger partial charge in [-0.3, -0.25) is 0 Å². The van der Waals surface area contributed by atoms with Crippen molar-refractivity contribution in [1.82, 2.24) is 4.57 Å². The molecule has 0 radical (unpaired) electrons. The SMILES string of the molecule is COc1cc2c(C(C)O)cn(CCCO)c2cc1OC. The Balaban J connectivity index is 2.63. The molecule has 5 nitrogen and oxygen atoms in total. The summed E-state index contributed by atoms with van der Waals surface area (Å²) < 4.78 is 12.7. The van der Waals surface area contributed by atoms with E-state index in [1.165, 1.54) is 0 Å². The number of methoxy groups -OCH3 is 2. The molecule has 5 heteroatoms. The predicted molar refractivity (Wildman–Crippen MR) is 77.4 cm³/mol. The third-order valence-corrected chi connectivity index (χ3v) is 3.42. The second kappa shape index (κ2) is 6.15. The zero-order valence-electron chi connectivity index (χ0n) is 12.1. The van der Waals surface area contributed by atoms with Gasteiger partial charge in [0, 0.05) is 36.4 Å². The van der Waals surface area contributed by atoms with Crippen LogP contribution < -0.4 is 9.47 Å². The molecular weight excluding hydrogens is 258 g/mol. The van der Waals surface area contributed by atoms with Gasteiger partial charge in [0.25, 0.3) is 0 Å². The first-order chi connectivity index (χ1) is 9.62. The molecule has 0 bridgehead atoms. The Bertz CT molecular complexity index is 589. The standard InChI is InChI=1S/C15H21NO4/c1-10(18)12-9-16(5-4-6-17)13-8-15(20-3)14(19-2)7-11(12)13/h7-10,17-18H,4-6H2,1-3H3. The molecule has 0 amide bonds. The number of ether oxygens (including phenoxy) is 2. The van der Waals surface area contributed by atoms with Crippen LogP contribution in [0.5, 0.6) is 11.5 Å². The fourth-order valence-electron chi connectivity index (χ4n) is 2.40. The molecule has 2 aromatic rings. The number of nitrogens with zero attached hydrogens (tertiary/aromatic N) is 1. The van der Waals surface area contributed by atoms with Crippen LogP contribution >= 0.6 is 0 Å². The van der Waals surface area contributed by atoms with Crippen molar-refractivity contribution in [3.63, 3.8) is 0 Å². The van der Waals surface area contributed by atoms with Crippen LogP contribution in [-0.4, -0.2) is 35.6 Å². The summed E-state index contributed by atoms with van der Waals surface area (Å²) in [7, 11) is 3.19. The predicted octanol–water partition coefficient (Wildman–Crippen LogP) is 2.09. The lowest BCUT2D eigenvalue weighted by Gasteiger charge is -2.10. The Hall–Kier alpha value is -1.72. The van der Waals surface area contributed by atoms with Gasteiger partial charge in [0.05, 0.1) is 25.8 Å². The fourth-order valence-corrected chi connectivity index (χ4v) is 2.40. The van der Waals surface area contributed by atoms with Gasteiger partial charge in [-0.15, -0.1) is 0 Å². The monoisotopic (exact) mass is 279 g/mol. The van der Waals surface area contributed by atoms with Gasteiger partial charge in [0.1, 0.15) is 0 Å². The number of hydrogen-bond donors (Lipinski definition) is 2. The van der Waals surface area contributed by atoms with Crippen LogP contribution in [0.15, 0.2) is 18.3 Å². The lowest BCUT2D eigenvalue weighted by atomic mass is 10.1. The van der Waals surface area contributed by atoms with E-state index in [2.05, 4.69) is 0 Å². The quantitative estimate of drug-likeness (QED) is 0.850. The average molecular weight is 279 g/mol. The Morgan fingerprint density at radius 2 is 1.85 bits per heavy atom. The Labute approximate surface area is 118 Å². The van der Waals surface area contributed by atoms with Crippen LogP contribution in [0.1, 0.15) is 25.0 Å². The van der Waals surface area contributed by atoms with Gasteiger partial charge in [-0.1, -0.05) is 0 Å². The highest BCUT2D eigenvalue weighted by Crippen LogP contribution is 2.36. The van der Waals surface area contributed by atoms with Crippen LogP contribution in [0, 0.1) is 0 Å². The molecule has 0 saturated heterocycles. The number of aliphatic hydroxyl groups excluding tert-OH is 2. The van der Waals surface area contributed by atoms with Gasteiger partial charge in [0.2, 0.25) is 0 Å². The molecule has 1 aromatic heterocycles. The van der Waals surface area contributed by atoms with Crippen molar-refractivity contribution in [3.05, 3.63) is 23.9 Å². The minimum atomic E-state index is -0.564. The number of aryl methyl sites for hydroxylation is 1. The molecule has 1 aromatic carbocycles. The summed E-state index contributed by atoms with van der Waals surface area (Å²) in [5.41, 5.74) is 1.81. The molecule has 0 aliphatic carbocycles. The van der Waals surface area contributed by atoms with Crippen molar-refractivity contribution in [3.8, 4) is 11.5 Å². The van der Waals surface area contributed by atoms with E-state index in [4.69, 9.17) is 14.6 Å². The fraction of sp³-hybridized carbons (Fsp3) is 0.467. The van der Waals surface area contributed by atoms with Gasteiger partial charge in [-0.2, -0.15) is 0 Å². The van der Waals surface area contributed by atoms with Crippen molar-refractivity contribution >= 4 is 10.9 Å². The van der Waals surface area contributed by atoms with Crippen LogP contribution in [0.25, 0.3) is 10.9 Å². The van der Waals surface area contributed by atoms with Gasteiger partial charge >= 0.3 is 0 Å². The van der Waals surface area contributed by atoms with E-state index in [1.54, 1.807) is 21.1 Å². The molecule has 0 spiro atoms. The molecule has 0 saturated carbocycles. The molecule has 2 rings (SSSR count). The Morgan fingerprint density at radius 3 is 2.40 bits per heavy atom. The number of benzene rings is 1. The zero-order chi connectivity index (χ0) is 14.7. The largest absolute Gasteiger partial charge is 0.493 e. The number of hydrogen-bond acceptors (Lipinski definition) is 4. The highest BCUT2D eigenvalue weighted by molar-refractivity contribution is 5.87. The minimum absolute atomic E-state index is 0.136. The third kappa shape index (κ3) is 2.59. The van der Waals surface area contributed by atoms with Crippen molar-refractivity contribution in [2.45, 2.75) is 26.0 Å².